The summed E-state index contributed by atoms with van der Waals surface area (Å²) < 4.78 is 1.66. The Morgan fingerprint density at radius 2 is 1.97 bits per heavy atom. The van der Waals surface area contributed by atoms with Crippen molar-refractivity contribution in [1.82, 2.24) is 14.8 Å². The van der Waals surface area contributed by atoms with Crippen molar-refractivity contribution >= 4 is 52.5 Å². The lowest BCUT2D eigenvalue weighted by atomic mass is 10.2. The average Bonchev–Trinajstić information content (AvgIpc) is 3.05. The second-order valence-corrected chi connectivity index (χ2v) is 8.23. The van der Waals surface area contributed by atoms with Crippen molar-refractivity contribution in [3.8, 4) is 0 Å². The summed E-state index contributed by atoms with van der Waals surface area (Å²) in [5.74, 6) is 0.567. The third-order valence-corrected chi connectivity index (χ3v) is 6.21. The fourth-order valence-corrected chi connectivity index (χ4v) is 4.28. The van der Waals surface area contributed by atoms with Gasteiger partial charge in [-0.15, -0.1) is 10.2 Å². The van der Waals surface area contributed by atoms with Gasteiger partial charge in [0.1, 0.15) is 6.04 Å². The Hall–Kier alpha value is -2.22. The minimum Gasteiger partial charge on any atom is -0.368 e. The van der Waals surface area contributed by atoms with Crippen LogP contribution in [0.25, 0.3) is 0 Å². The number of nitrogens with two attached hydrogens (primary N) is 1. The molecule has 1 unspecified atom stereocenters. The molecule has 9 heteroatoms. The summed E-state index contributed by atoms with van der Waals surface area (Å²) in [5, 5.41) is 12.9. The van der Waals surface area contributed by atoms with E-state index in [9.17, 15) is 4.79 Å². The predicted molar refractivity (Wildman–Crippen MR) is 120 cm³/mol. The number of benzene rings is 2. The molecule has 1 heterocycles. The molecule has 1 amide bonds. The highest BCUT2D eigenvalue weighted by Gasteiger charge is 2.25. The van der Waals surface area contributed by atoms with E-state index in [0.29, 0.717) is 33.1 Å². The maximum atomic E-state index is 13.0. The van der Waals surface area contributed by atoms with Crippen LogP contribution in [-0.2, 0) is 10.5 Å². The van der Waals surface area contributed by atoms with Gasteiger partial charge in [-0.25, -0.2) is 0 Å². The molecule has 6 nitrogen and oxygen atoms in total. The number of hydrogen-bond donors (Lipinski definition) is 2. The molecule has 0 aliphatic heterocycles. The number of anilines is 2. The number of nitrogen functional groups attached to an aromatic ring is 1. The summed E-state index contributed by atoms with van der Waals surface area (Å²) in [5.41, 5.74) is 8.58. The number of aromatic nitrogens is 3. The maximum Gasteiger partial charge on any atom is 0.247 e. The van der Waals surface area contributed by atoms with Crippen LogP contribution >= 0.6 is 35.0 Å². The van der Waals surface area contributed by atoms with E-state index in [2.05, 4.69) is 15.5 Å². The minimum atomic E-state index is -0.557. The second-order valence-electron chi connectivity index (χ2n) is 6.47. The van der Waals surface area contributed by atoms with Crippen molar-refractivity contribution in [1.29, 1.82) is 0 Å². The molecule has 1 aromatic heterocycles. The zero-order chi connectivity index (χ0) is 21.0. The van der Waals surface area contributed by atoms with E-state index < -0.39 is 6.04 Å². The van der Waals surface area contributed by atoms with Crippen LogP contribution in [0.15, 0.2) is 47.6 Å². The Morgan fingerprint density at radius 3 is 2.66 bits per heavy atom. The number of nitrogens with one attached hydrogen (secondary N) is 1. The van der Waals surface area contributed by atoms with Crippen molar-refractivity contribution in [2.24, 2.45) is 0 Å². The molecule has 3 aromatic rings. The number of amides is 1. The third kappa shape index (κ3) is 5.04. The van der Waals surface area contributed by atoms with Crippen LogP contribution < -0.4 is 11.1 Å². The first-order valence-electron chi connectivity index (χ1n) is 9.04. The zero-order valence-electron chi connectivity index (χ0n) is 16.0. The Morgan fingerprint density at radius 1 is 1.21 bits per heavy atom. The molecule has 29 heavy (non-hydrogen) atoms. The van der Waals surface area contributed by atoms with Gasteiger partial charge in [0.25, 0.3) is 0 Å². The summed E-state index contributed by atoms with van der Waals surface area (Å²) in [6.45, 7) is 3.82. The van der Waals surface area contributed by atoms with Crippen LogP contribution in [0.4, 0.5) is 11.6 Å². The van der Waals surface area contributed by atoms with Crippen LogP contribution in [0.5, 0.6) is 0 Å². The smallest absolute Gasteiger partial charge is 0.247 e. The molecule has 0 bridgehead atoms. The van der Waals surface area contributed by atoms with E-state index in [1.54, 1.807) is 10.6 Å². The van der Waals surface area contributed by atoms with Gasteiger partial charge in [0.05, 0.1) is 0 Å². The third-order valence-electron chi connectivity index (χ3n) is 4.45. The Bertz CT molecular complexity index is 1020. The molecule has 0 fully saturated rings. The lowest BCUT2D eigenvalue weighted by Gasteiger charge is -2.19. The Balaban J connectivity index is 1.80. The molecule has 0 aliphatic rings. The number of rotatable bonds is 7. The van der Waals surface area contributed by atoms with Gasteiger partial charge < -0.3 is 11.1 Å². The Labute approximate surface area is 183 Å². The number of carbonyl (C=O) groups excluding carboxylic acids is 1. The summed E-state index contributed by atoms with van der Waals surface area (Å²) in [6, 6.07) is 12.4. The van der Waals surface area contributed by atoms with Crippen LogP contribution in [0.2, 0.25) is 10.0 Å². The highest BCUT2D eigenvalue weighted by Crippen LogP contribution is 2.30. The van der Waals surface area contributed by atoms with E-state index in [1.807, 2.05) is 50.2 Å². The van der Waals surface area contributed by atoms with Gasteiger partial charge in [-0.05, 0) is 42.7 Å². The van der Waals surface area contributed by atoms with Crippen molar-refractivity contribution in [3.63, 3.8) is 0 Å². The van der Waals surface area contributed by atoms with E-state index in [4.69, 9.17) is 28.9 Å². The first-order chi connectivity index (χ1) is 13.9. The zero-order valence-corrected chi connectivity index (χ0v) is 18.4. The summed E-state index contributed by atoms with van der Waals surface area (Å²) in [6.07, 6.45) is 0.521. The predicted octanol–water partition coefficient (Wildman–Crippen LogP) is 5.36. The standard InChI is InChI=1S/C20H21Cl2N5OS/c1-3-17(18(28)24-14-9-8-12(2)16(22)10-14)27-19(23)25-26-20(27)29-11-13-6-4-5-7-15(13)21/h4-10,17H,3,11H2,1-2H3,(H2,23,25)(H,24,28). The number of hydrogen-bond acceptors (Lipinski definition) is 5. The first-order valence-corrected chi connectivity index (χ1v) is 10.8. The van der Waals surface area contributed by atoms with Gasteiger partial charge in [0.15, 0.2) is 5.16 Å². The molecule has 3 N–H and O–H groups in total. The maximum absolute atomic E-state index is 13.0. The van der Waals surface area contributed by atoms with Gasteiger partial charge in [0, 0.05) is 21.5 Å². The summed E-state index contributed by atoms with van der Waals surface area (Å²) in [4.78, 5) is 13.0. The van der Waals surface area contributed by atoms with Gasteiger partial charge >= 0.3 is 0 Å². The van der Waals surface area contributed by atoms with Crippen molar-refractivity contribution in [2.45, 2.75) is 37.2 Å². The fraction of sp³-hybridized carbons (Fsp3) is 0.250. The molecule has 1 atom stereocenters. The molecule has 0 spiro atoms. The lowest BCUT2D eigenvalue weighted by molar-refractivity contribution is -0.119. The molecule has 2 aromatic carbocycles. The minimum absolute atomic E-state index is 0.190. The molecular weight excluding hydrogens is 429 g/mol. The van der Waals surface area contributed by atoms with E-state index in [1.165, 1.54) is 11.8 Å². The van der Waals surface area contributed by atoms with Crippen LogP contribution in [0.3, 0.4) is 0 Å². The fourth-order valence-electron chi connectivity index (χ4n) is 2.82. The highest BCUT2D eigenvalue weighted by molar-refractivity contribution is 7.98. The van der Waals surface area contributed by atoms with Crippen LogP contribution in [-0.4, -0.2) is 20.7 Å². The van der Waals surface area contributed by atoms with E-state index >= 15 is 0 Å². The SMILES string of the molecule is CCC(C(=O)Nc1ccc(C)c(Cl)c1)n1c(N)nnc1SCc1ccccc1Cl. The van der Waals surface area contributed by atoms with Crippen LogP contribution in [0, 0.1) is 6.92 Å². The molecule has 0 saturated heterocycles. The number of aryl methyl sites for hydroxylation is 1. The molecular formula is C20H21Cl2N5OS. The van der Waals surface area contributed by atoms with E-state index in [-0.39, 0.29) is 11.9 Å². The number of nitrogens with zero attached hydrogens (tertiary/aromatic N) is 3. The van der Waals surface area contributed by atoms with Gasteiger partial charge in [-0.3, -0.25) is 9.36 Å². The molecule has 0 saturated carbocycles. The normalized spacial score (nSPS) is 12.0. The number of thioether (sulfide) groups is 1. The quantitative estimate of drug-likeness (QED) is 0.474. The van der Waals surface area contributed by atoms with Crippen LogP contribution in [0.1, 0.15) is 30.5 Å². The average molecular weight is 450 g/mol. The van der Waals surface area contributed by atoms with Gasteiger partial charge in [0.2, 0.25) is 11.9 Å². The summed E-state index contributed by atoms with van der Waals surface area (Å²) in [7, 11) is 0. The molecule has 0 radical (unpaired) electrons. The highest BCUT2D eigenvalue weighted by atomic mass is 35.5. The monoisotopic (exact) mass is 449 g/mol. The van der Waals surface area contributed by atoms with Crippen molar-refractivity contribution < 1.29 is 4.79 Å². The first kappa shape index (κ1) is 21.5. The lowest BCUT2D eigenvalue weighted by Crippen LogP contribution is -2.27. The van der Waals surface area contributed by atoms with Gasteiger partial charge in [-0.2, -0.15) is 0 Å². The topological polar surface area (TPSA) is 85.8 Å². The number of carbonyl (C=O) groups is 1. The molecule has 152 valence electrons. The van der Waals surface area contributed by atoms with Crippen molar-refractivity contribution in [3.05, 3.63) is 63.6 Å². The van der Waals surface area contributed by atoms with E-state index in [0.717, 1.165) is 11.1 Å². The number of halogens is 2. The van der Waals surface area contributed by atoms with Gasteiger partial charge in [-0.1, -0.05) is 66.2 Å². The molecule has 3 rings (SSSR count). The molecule has 0 aliphatic carbocycles. The second kappa shape index (κ2) is 9.52. The van der Waals surface area contributed by atoms with Crippen molar-refractivity contribution in [2.75, 3.05) is 11.1 Å². The summed E-state index contributed by atoms with van der Waals surface area (Å²) >= 11 is 13.8. The largest absolute Gasteiger partial charge is 0.368 e. The Kier molecular flexibility index (Phi) is 7.05.